The fourth-order valence-electron chi connectivity index (χ4n) is 3.13. The number of hydrogen-bond acceptors (Lipinski definition) is 4. The van der Waals surface area contributed by atoms with Gasteiger partial charge in [0.1, 0.15) is 21.0 Å². The molecule has 6 heteroatoms. The summed E-state index contributed by atoms with van der Waals surface area (Å²) in [5.41, 5.74) is 0.488. The summed E-state index contributed by atoms with van der Waals surface area (Å²) in [5.74, 6) is 0.938. The summed E-state index contributed by atoms with van der Waals surface area (Å²) in [7, 11) is -2.70. The minimum Gasteiger partial charge on any atom is -0.744 e. The Morgan fingerprint density at radius 1 is 0.688 bits per heavy atom. The van der Waals surface area contributed by atoms with Gasteiger partial charge in [0.15, 0.2) is 15.5 Å². The van der Waals surface area contributed by atoms with E-state index in [9.17, 15) is 13.0 Å². The van der Waals surface area contributed by atoms with Gasteiger partial charge in [-0.15, -0.1) is 0 Å². The highest BCUT2D eigenvalue weighted by Crippen LogP contribution is 2.36. The fraction of sp³-hybridized carbons (Fsp3) is 0.0769. The molecule has 0 bridgehead atoms. The Kier molecular flexibility index (Phi) is 8.11. The fourth-order valence-corrected chi connectivity index (χ4v) is 6.04. The van der Waals surface area contributed by atoms with Crippen molar-refractivity contribution in [2.75, 3.05) is 7.11 Å². The lowest BCUT2D eigenvalue weighted by molar-refractivity contribution is 0.404. The van der Waals surface area contributed by atoms with Crippen molar-refractivity contribution in [1.29, 1.82) is 0 Å². The van der Waals surface area contributed by atoms with Crippen LogP contribution in [0.15, 0.2) is 129 Å². The quantitative estimate of drug-likeness (QED) is 0.281. The van der Waals surface area contributed by atoms with Crippen LogP contribution in [0.5, 0.6) is 5.75 Å². The molecule has 0 heterocycles. The second-order valence-electron chi connectivity index (χ2n) is 6.80. The zero-order valence-corrected chi connectivity index (χ0v) is 19.5. The van der Waals surface area contributed by atoms with Crippen LogP contribution in [0.4, 0.5) is 0 Å². The maximum Gasteiger partial charge on any atom is 0.208 e. The first kappa shape index (κ1) is 23.6. The number of rotatable bonds is 5. The van der Waals surface area contributed by atoms with Gasteiger partial charge in [-0.3, -0.25) is 0 Å². The van der Waals surface area contributed by atoms with E-state index in [1.54, 1.807) is 26.2 Å². The minimum atomic E-state index is -4.28. The number of aryl methyl sites for hydroxylation is 1. The first-order chi connectivity index (χ1) is 15.4. The third kappa shape index (κ3) is 6.01. The van der Waals surface area contributed by atoms with E-state index in [1.165, 1.54) is 26.8 Å². The molecular formula is C26H24O4S2. The molecule has 0 atom stereocenters. The average molecular weight is 465 g/mol. The third-order valence-corrected chi connectivity index (χ3v) is 7.87. The van der Waals surface area contributed by atoms with Crippen LogP contribution in [0.3, 0.4) is 0 Å². The SMILES string of the molecule is COc1ccccc1[S+](c1ccccc1)c1ccccc1.Cc1ccccc1S(=O)(=O)[O-]. The molecule has 32 heavy (non-hydrogen) atoms. The maximum atomic E-state index is 10.5. The predicted molar refractivity (Wildman–Crippen MR) is 127 cm³/mol. The number of benzene rings is 4. The Morgan fingerprint density at radius 2 is 1.16 bits per heavy atom. The third-order valence-electron chi connectivity index (χ3n) is 4.61. The molecule has 0 fully saturated rings. The summed E-state index contributed by atoms with van der Waals surface area (Å²) in [6, 6.07) is 35.6. The predicted octanol–water partition coefficient (Wildman–Crippen LogP) is 5.69. The molecule has 0 radical (unpaired) electrons. The number of methoxy groups -OCH3 is 1. The van der Waals surface area contributed by atoms with Crippen LogP contribution in [0.1, 0.15) is 5.56 Å². The topological polar surface area (TPSA) is 66.4 Å². The molecule has 0 amide bonds. The largest absolute Gasteiger partial charge is 0.744 e. The van der Waals surface area contributed by atoms with Gasteiger partial charge in [0.2, 0.25) is 4.90 Å². The van der Waals surface area contributed by atoms with Gasteiger partial charge >= 0.3 is 0 Å². The zero-order chi connectivity index (χ0) is 23.0. The monoisotopic (exact) mass is 464 g/mol. The van der Waals surface area contributed by atoms with E-state index < -0.39 is 10.1 Å². The highest BCUT2D eigenvalue weighted by atomic mass is 32.2. The molecule has 0 aliphatic carbocycles. The van der Waals surface area contributed by atoms with Crippen LogP contribution in [0.25, 0.3) is 0 Å². The van der Waals surface area contributed by atoms with Gasteiger partial charge in [-0.05, 0) is 55.0 Å². The molecule has 0 N–H and O–H groups in total. The van der Waals surface area contributed by atoms with Gasteiger partial charge in [-0.1, -0.05) is 66.7 Å². The van der Waals surface area contributed by atoms with E-state index in [0.717, 1.165) is 5.75 Å². The highest BCUT2D eigenvalue weighted by Gasteiger charge is 2.31. The number of ether oxygens (including phenoxy) is 1. The van der Waals surface area contributed by atoms with Crippen LogP contribution in [0, 0.1) is 6.92 Å². The van der Waals surface area contributed by atoms with Crippen LogP contribution >= 0.6 is 0 Å². The number of para-hydroxylation sites is 1. The summed E-state index contributed by atoms with van der Waals surface area (Å²) in [6.45, 7) is 1.59. The molecule has 164 valence electrons. The van der Waals surface area contributed by atoms with Crippen molar-refractivity contribution in [2.45, 2.75) is 26.5 Å². The summed E-state index contributed by atoms with van der Waals surface area (Å²) in [4.78, 5) is 3.68. The molecule has 0 saturated carbocycles. The lowest BCUT2D eigenvalue weighted by atomic mass is 10.2. The van der Waals surface area contributed by atoms with Crippen molar-refractivity contribution in [2.24, 2.45) is 0 Å². The molecule has 4 aromatic carbocycles. The van der Waals surface area contributed by atoms with Crippen LogP contribution in [-0.4, -0.2) is 20.1 Å². The van der Waals surface area contributed by atoms with Crippen molar-refractivity contribution in [1.82, 2.24) is 0 Å². The Labute approximate surface area is 192 Å². The van der Waals surface area contributed by atoms with Gasteiger partial charge < -0.3 is 9.29 Å². The highest BCUT2D eigenvalue weighted by molar-refractivity contribution is 7.97. The summed E-state index contributed by atoms with van der Waals surface area (Å²) in [6.07, 6.45) is 0. The lowest BCUT2D eigenvalue weighted by Crippen LogP contribution is -2.06. The van der Waals surface area contributed by atoms with Gasteiger partial charge in [-0.25, -0.2) is 8.42 Å². The van der Waals surface area contributed by atoms with Crippen LogP contribution in [0.2, 0.25) is 0 Å². The molecule has 4 nitrogen and oxygen atoms in total. The Hall–Kier alpha value is -3.06. The van der Waals surface area contributed by atoms with Crippen LogP contribution < -0.4 is 4.74 Å². The Bertz CT molecular complexity index is 1200. The van der Waals surface area contributed by atoms with E-state index in [4.69, 9.17) is 4.74 Å². The first-order valence-electron chi connectivity index (χ1n) is 9.90. The van der Waals surface area contributed by atoms with E-state index in [-0.39, 0.29) is 15.8 Å². The standard InChI is InChI=1S/C19H17OS.C7H8O3S/c1-20-18-14-8-9-15-19(18)21(16-10-4-2-5-11-16)17-12-6-3-7-13-17;1-6-4-2-3-5-7(6)11(8,9)10/h2-15H,1H3;2-5H,1H3,(H,8,9,10)/q+1;/p-1. The molecule has 0 aromatic heterocycles. The van der Waals surface area contributed by atoms with Gasteiger partial charge in [0.25, 0.3) is 0 Å². The summed E-state index contributed by atoms with van der Waals surface area (Å²) >= 11 is 0. The summed E-state index contributed by atoms with van der Waals surface area (Å²) < 4.78 is 37.1. The van der Waals surface area contributed by atoms with Crippen molar-refractivity contribution < 1.29 is 17.7 Å². The molecular weight excluding hydrogens is 440 g/mol. The second-order valence-corrected chi connectivity index (χ2v) is 10.1. The second kappa shape index (κ2) is 11.0. The molecule has 0 unspecified atom stereocenters. The molecule has 0 aliphatic heterocycles. The van der Waals surface area contributed by atoms with Crippen molar-refractivity contribution in [3.8, 4) is 5.75 Å². The Morgan fingerprint density at radius 3 is 1.62 bits per heavy atom. The van der Waals surface area contributed by atoms with E-state index in [0.29, 0.717) is 5.56 Å². The normalized spacial score (nSPS) is 10.9. The molecule has 4 aromatic rings. The van der Waals surface area contributed by atoms with E-state index in [2.05, 4.69) is 72.8 Å². The smallest absolute Gasteiger partial charge is 0.208 e. The van der Waals surface area contributed by atoms with Crippen molar-refractivity contribution in [3.63, 3.8) is 0 Å². The first-order valence-corrected chi connectivity index (χ1v) is 12.5. The van der Waals surface area contributed by atoms with Crippen molar-refractivity contribution in [3.05, 3.63) is 115 Å². The molecule has 4 rings (SSSR count). The molecule has 0 aliphatic rings. The van der Waals surface area contributed by atoms with Gasteiger partial charge in [-0.2, -0.15) is 0 Å². The average Bonchev–Trinajstić information content (AvgIpc) is 2.81. The zero-order valence-electron chi connectivity index (χ0n) is 17.8. The molecule has 0 spiro atoms. The Balaban J connectivity index is 0.000000222. The van der Waals surface area contributed by atoms with Gasteiger partial charge in [0.05, 0.1) is 12.0 Å². The van der Waals surface area contributed by atoms with Crippen LogP contribution in [-0.2, 0) is 21.0 Å². The number of hydrogen-bond donors (Lipinski definition) is 0. The lowest BCUT2D eigenvalue weighted by Gasteiger charge is -2.10. The van der Waals surface area contributed by atoms with E-state index in [1.807, 2.05) is 12.1 Å². The van der Waals surface area contributed by atoms with Crippen molar-refractivity contribution >= 4 is 21.0 Å². The maximum absolute atomic E-state index is 10.5. The minimum absolute atomic E-state index is 0.139. The van der Waals surface area contributed by atoms with Gasteiger partial charge in [0, 0.05) is 0 Å². The molecule has 0 saturated heterocycles. The summed E-state index contributed by atoms with van der Waals surface area (Å²) in [5, 5.41) is 0. The van der Waals surface area contributed by atoms with E-state index >= 15 is 0 Å².